The molecule has 146 valence electrons. The number of aliphatic carboxylic acids is 1. The summed E-state index contributed by atoms with van der Waals surface area (Å²) < 4.78 is 14.1. The zero-order chi connectivity index (χ0) is 20.5. The molecule has 0 aliphatic carbocycles. The molecule has 1 fully saturated rings. The van der Waals surface area contributed by atoms with Gasteiger partial charge in [0.25, 0.3) is 11.8 Å². The van der Waals surface area contributed by atoms with E-state index in [0.717, 1.165) is 15.7 Å². The summed E-state index contributed by atoms with van der Waals surface area (Å²) in [7, 11) is 0. The van der Waals surface area contributed by atoms with E-state index in [1.165, 1.54) is 18.2 Å². The van der Waals surface area contributed by atoms with Crippen LogP contribution < -0.4 is 10.2 Å². The molecule has 1 heterocycles. The molecule has 0 saturated carbocycles. The first kappa shape index (κ1) is 18.6. The SMILES string of the molecule is O=C(N[C@H]1C(=O)N(c2ccccc2F)C[C@H]1C(=O)O)c1ccc2ccccc2c1. The van der Waals surface area contributed by atoms with Crippen LogP contribution in [0.1, 0.15) is 10.4 Å². The molecule has 7 heteroatoms. The predicted molar refractivity (Wildman–Crippen MR) is 105 cm³/mol. The number of carboxylic acids is 1. The van der Waals surface area contributed by atoms with Crippen LogP contribution in [0, 0.1) is 11.7 Å². The molecule has 3 aromatic rings. The monoisotopic (exact) mass is 392 g/mol. The predicted octanol–water partition coefficient (Wildman–Crippen LogP) is 2.82. The van der Waals surface area contributed by atoms with Crippen LogP contribution in [-0.2, 0) is 9.59 Å². The Morgan fingerprint density at radius 3 is 2.41 bits per heavy atom. The van der Waals surface area contributed by atoms with Crippen LogP contribution in [0.3, 0.4) is 0 Å². The highest BCUT2D eigenvalue weighted by Gasteiger charge is 2.46. The molecule has 0 aromatic heterocycles. The average Bonchev–Trinajstić information content (AvgIpc) is 3.04. The number of carbonyl (C=O) groups excluding carboxylic acids is 2. The molecule has 2 amide bonds. The van der Waals surface area contributed by atoms with Crippen LogP contribution in [0.2, 0.25) is 0 Å². The minimum absolute atomic E-state index is 0.00814. The van der Waals surface area contributed by atoms with Crippen molar-refractivity contribution in [2.45, 2.75) is 6.04 Å². The summed E-state index contributed by atoms with van der Waals surface area (Å²) >= 11 is 0. The number of halogens is 1. The van der Waals surface area contributed by atoms with E-state index in [-0.39, 0.29) is 12.2 Å². The summed E-state index contributed by atoms with van der Waals surface area (Å²) in [6, 6.07) is 16.9. The van der Waals surface area contributed by atoms with Gasteiger partial charge in [0.05, 0.1) is 5.69 Å². The van der Waals surface area contributed by atoms with Gasteiger partial charge >= 0.3 is 5.97 Å². The van der Waals surface area contributed by atoms with Gasteiger partial charge in [-0.2, -0.15) is 0 Å². The van der Waals surface area contributed by atoms with E-state index in [0.29, 0.717) is 5.56 Å². The molecule has 0 radical (unpaired) electrons. The van der Waals surface area contributed by atoms with Crippen molar-refractivity contribution in [3.05, 3.63) is 78.1 Å². The number of anilines is 1. The Labute approximate surface area is 165 Å². The molecule has 2 atom stereocenters. The maximum Gasteiger partial charge on any atom is 0.310 e. The fourth-order valence-electron chi connectivity index (χ4n) is 3.56. The quantitative estimate of drug-likeness (QED) is 0.715. The highest BCUT2D eigenvalue weighted by molar-refractivity contribution is 6.07. The molecule has 0 spiro atoms. The number of fused-ring (bicyclic) bond motifs is 1. The number of hydrogen-bond acceptors (Lipinski definition) is 3. The maximum absolute atomic E-state index is 14.1. The van der Waals surface area contributed by atoms with Crippen molar-refractivity contribution in [1.29, 1.82) is 0 Å². The van der Waals surface area contributed by atoms with Gasteiger partial charge in [-0.05, 0) is 35.0 Å². The van der Waals surface area contributed by atoms with Gasteiger partial charge < -0.3 is 15.3 Å². The van der Waals surface area contributed by atoms with Gasteiger partial charge in [0.1, 0.15) is 17.8 Å². The average molecular weight is 392 g/mol. The van der Waals surface area contributed by atoms with Crippen LogP contribution in [0.15, 0.2) is 66.7 Å². The second-order valence-electron chi connectivity index (χ2n) is 6.86. The van der Waals surface area contributed by atoms with E-state index in [9.17, 15) is 23.9 Å². The smallest absolute Gasteiger partial charge is 0.310 e. The lowest BCUT2D eigenvalue weighted by Gasteiger charge is -2.17. The molecule has 1 aliphatic heterocycles. The summed E-state index contributed by atoms with van der Waals surface area (Å²) in [5.41, 5.74) is 0.302. The van der Waals surface area contributed by atoms with Gasteiger partial charge in [0, 0.05) is 12.1 Å². The number of carboxylic acid groups (broad SMARTS) is 1. The Hall–Kier alpha value is -3.74. The van der Waals surface area contributed by atoms with Crippen molar-refractivity contribution in [3.63, 3.8) is 0 Å². The molecule has 1 saturated heterocycles. The fraction of sp³-hybridized carbons (Fsp3) is 0.136. The highest BCUT2D eigenvalue weighted by Crippen LogP contribution is 2.28. The molecule has 4 rings (SSSR count). The molecule has 0 unspecified atom stereocenters. The van der Waals surface area contributed by atoms with Crippen LogP contribution in [0.25, 0.3) is 10.8 Å². The zero-order valence-electron chi connectivity index (χ0n) is 15.2. The third kappa shape index (κ3) is 3.42. The Kier molecular flexibility index (Phi) is 4.72. The van der Waals surface area contributed by atoms with Crippen molar-refractivity contribution in [3.8, 4) is 0 Å². The van der Waals surface area contributed by atoms with Crippen LogP contribution >= 0.6 is 0 Å². The number of amides is 2. The number of hydrogen-bond donors (Lipinski definition) is 2. The Balaban J connectivity index is 1.61. The molecular formula is C22H17FN2O4. The standard InChI is InChI=1S/C22H17FN2O4/c23-17-7-3-4-8-18(17)25-12-16(22(28)29)19(21(25)27)24-20(26)15-10-9-13-5-1-2-6-14(13)11-15/h1-11,16,19H,12H2,(H,24,26)(H,28,29)/t16-,19-/m1/s1. The maximum atomic E-state index is 14.1. The first-order chi connectivity index (χ1) is 14.0. The third-order valence-corrected chi connectivity index (χ3v) is 5.07. The minimum Gasteiger partial charge on any atom is -0.481 e. The second kappa shape index (κ2) is 7.35. The topological polar surface area (TPSA) is 86.7 Å². The van der Waals surface area contributed by atoms with Gasteiger partial charge in [0.2, 0.25) is 0 Å². The molecular weight excluding hydrogens is 375 g/mol. The van der Waals surface area contributed by atoms with E-state index < -0.39 is 35.6 Å². The first-order valence-electron chi connectivity index (χ1n) is 9.04. The third-order valence-electron chi connectivity index (χ3n) is 5.07. The zero-order valence-corrected chi connectivity index (χ0v) is 15.2. The van der Waals surface area contributed by atoms with Gasteiger partial charge in [-0.15, -0.1) is 0 Å². The van der Waals surface area contributed by atoms with Crippen molar-refractivity contribution in [2.24, 2.45) is 5.92 Å². The molecule has 1 aliphatic rings. The summed E-state index contributed by atoms with van der Waals surface area (Å²) in [5.74, 6) is -4.27. The molecule has 29 heavy (non-hydrogen) atoms. The van der Waals surface area contributed by atoms with Gasteiger partial charge in [-0.25, -0.2) is 4.39 Å². The second-order valence-corrected chi connectivity index (χ2v) is 6.86. The first-order valence-corrected chi connectivity index (χ1v) is 9.04. The van der Waals surface area contributed by atoms with E-state index in [4.69, 9.17) is 0 Å². The normalized spacial score (nSPS) is 18.8. The van der Waals surface area contributed by atoms with Crippen molar-refractivity contribution in [2.75, 3.05) is 11.4 Å². The van der Waals surface area contributed by atoms with Crippen LogP contribution in [0.4, 0.5) is 10.1 Å². The molecule has 2 N–H and O–H groups in total. The summed E-state index contributed by atoms with van der Waals surface area (Å²) in [4.78, 5) is 38.3. The van der Waals surface area contributed by atoms with Crippen molar-refractivity contribution in [1.82, 2.24) is 5.32 Å². The number of nitrogens with one attached hydrogen (secondary N) is 1. The molecule has 6 nitrogen and oxygen atoms in total. The van der Waals surface area contributed by atoms with Crippen molar-refractivity contribution < 1.29 is 23.9 Å². The highest BCUT2D eigenvalue weighted by atomic mass is 19.1. The Bertz CT molecular complexity index is 1130. The van der Waals surface area contributed by atoms with Crippen LogP contribution in [-0.4, -0.2) is 35.5 Å². The number of rotatable bonds is 4. The number of para-hydroxylation sites is 1. The summed E-state index contributed by atoms with van der Waals surface area (Å²) in [6.07, 6.45) is 0. The van der Waals surface area contributed by atoms with Crippen molar-refractivity contribution >= 4 is 34.2 Å². The fourth-order valence-corrected chi connectivity index (χ4v) is 3.56. The molecule has 3 aromatic carbocycles. The van der Waals surface area contributed by atoms with E-state index in [2.05, 4.69) is 5.32 Å². The lowest BCUT2D eigenvalue weighted by molar-refractivity contribution is -0.142. The lowest BCUT2D eigenvalue weighted by Crippen LogP contribution is -2.46. The molecule has 0 bridgehead atoms. The Morgan fingerprint density at radius 2 is 1.69 bits per heavy atom. The minimum atomic E-state index is -1.29. The van der Waals surface area contributed by atoms with E-state index in [1.54, 1.807) is 24.3 Å². The van der Waals surface area contributed by atoms with Gasteiger partial charge in [0.15, 0.2) is 0 Å². The van der Waals surface area contributed by atoms with Gasteiger partial charge in [-0.1, -0.05) is 42.5 Å². The van der Waals surface area contributed by atoms with Gasteiger partial charge in [-0.3, -0.25) is 14.4 Å². The van der Waals surface area contributed by atoms with E-state index in [1.807, 2.05) is 24.3 Å². The lowest BCUT2D eigenvalue weighted by atomic mass is 10.0. The van der Waals surface area contributed by atoms with E-state index >= 15 is 0 Å². The van der Waals surface area contributed by atoms with Crippen LogP contribution in [0.5, 0.6) is 0 Å². The summed E-state index contributed by atoms with van der Waals surface area (Å²) in [5, 5.41) is 13.9. The number of nitrogens with zero attached hydrogens (tertiary/aromatic N) is 1. The largest absolute Gasteiger partial charge is 0.481 e. The Morgan fingerprint density at radius 1 is 1.00 bits per heavy atom. The summed E-state index contributed by atoms with van der Waals surface area (Å²) in [6.45, 7) is -0.224. The number of benzene rings is 3. The number of carbonyl (C=O) groups is 3.